The Morgan fingerprint density at radius 2 is 1.89 bits per heavy atom. The summed E-state index contributed by atoms with van der Waals surface area (Å²) in [5.41, 5.74) is 3.83. The molecule has 0 radical (unpaired) electrons. The SMILES string of the molecule is CCc1ccc(Cn2ccc(CNC3CC3)n2)cc1. The van der Waals surface area contributed by atoms with Gasteiger partial charge in [-0.05, 0) is 36.5 Å². The second kappa shape index (κ2) is 5.57. The van der Waals surface area contributed by atoms with Gasteiger partial charge in [-0.2, -0.15) is 5.10 Å². The van der Waals surface area contributed by atoms with Crippen LogP contribution in [0.4, 0.5) is 0 Å². The maximum absolute atomic E-state index is 4.60. The van der Waals surface area contributed by atoms with Crippen LogP contribution in [0.5, 0.6) is 0 Å². The highest BCUT2D eigenvalue weighted by molar-refractivity contribution is 5.22. The topological polar surface area (TPSA) is 29.9 Å². The molecule has 100 valence electrons. The molecule has 3 heteroatoms. The van der Waals surface area contributed by atoms with Gasteiger partial charge in [0.05, 0.1) is 12.2 Å². The zero-order valence-electron chi connectivity index (χ0n) is 11.5. The summed E-state index contributed by atoms with van der Waals surface area (Å²) in [4.78, 5) is 0. The van der Waals surface area contributed by atoms with E-state index in [-0.39, 0.29) is 0 Å². The Morgan fingerprint density at radius 1 is 1.16 bits per heavy atom. The van der Waals surface area contributed by atoms with Gasteiger partial charge in [0, 0.05) is 18.8 Å². The number of aromatic nitrogens is 2. The molecule has 0 saturated heterocycles. The van der Waals surface area contributed by atoms with Crippen molar-refractivity contribution in [2.45, 2.75) is 45.3 Å². The van der Waals surface area contributed by atoms with Gasteiger partial charge in [-0.25, -0.2) is 0 Å². The van der Waals surface area contributed by atoms with E-state index in [4.69, 9.17) is 0 Å². The first-order valence-corrected chi connectivity index (χ1v) is 7.17. The summed E-state index contributed by atoms with van der Waals surface area (Å²) < 4.78 is 2.02. The van der Waals surface area contributed by atoms with Crippen LogP contribution in [0.25, 0.3) is 0 Å². The van der Waals surface area contributed by atoms with Crippen molar-refractivity contribution in [2.24, 2.45) is 0 Å². The summed E-state index contributed by atoms with van der Waals surface area (Å²) in [6.45, 7) is 3.93. The van der Waals surface area contributed by atoms with Gasteiger partial charge in [0.1, 0.15) is 0 Å². The fourth-order valence-electron chi connectivity index (χ4n) is 2.19. The molecule has 1 aromatic carbocycles. The summed E-state index contributed by atoms with van der Waals surface area (Å²) in [5, 5.41) is 8.09. The third kappa shape index (κ3) is 3.44. The van der Waals surface area contributed by atoms with E-state index in [2.05, 4.69) is 53.9 Å². The van der Waals surface area contributed by atoms with Crippen molar-refractivity contribution in [1.82, 2.24) is 15.1 Å². The van der Waals surface area contributed by atoms with Gasteiger partial charge in [-0.15, -0.1) is 0 Å². The van der Waals surface area contributed by atoms with Crippen molar-refractivity contribution in [3.05, 3.63) is 53.3 Å². The van der Waals surface area contributed by atoms with Crippen molar-refractivity contribution in [3.63, 3.8) is 0 Å². The molecule has 1 N–H and O–H groups in total. The number of benzene rings is 1. The minimum absolute atomic E-state index is 0.742. The van der Waals surface area contributed by atoms with E-state index in [0.717, 1.165) is 31.2 Å². The van der Waals surface area contributed by atoms with Crippen LogP contribution in [0, 0.1) is 0 Å². The van der Waals surface area contributed by atoms with Crippen molar-refractivity contribution in [2.75, 3.05) is 0 Å². The van der Waals surface area contributed by atoms with Crippen LogP contribution in [0.3, 0.4) is 0 Å². The number of nitrogens with one attached hydrogen (secondary N) is 1. The molecular formula is C16H21N3. The highest BCUT2D eigenvalue weighted by Crippen LogP contribution is 2.19. The monoisotopic (exact) mass is 255 g/mol. The van der Waals surface area contributed by atoms with E-state index < -0.39 is 0 Å². The van der Waals surface area contributed by atoms with Gasteiger partial charge in [0.15, 0.2) is 0 Å². The molecule has 3 nitrogen and oxygen atoms in total. The molecule has 0 spiro atoms. The molecule has 0 bridgehead atoms. The third-order valence-corrected chi connectivity index (χ3v) is 3.62. The third-order valence-electron chi connectivity index (χ3n) is 3.62. The van der Waals surface area contributed by atoms with Crippen LogP contribution >= 0.6 is 0 Å². The quantitative estimate of drug-likeness (QED) is 0.860. The summed E-state index contributed by atoms with van der Waals surface area (Å²) in [7, 11) is 0. The van der Waals surface area contributed by atoms with Crippen molar-refractivity contribution >= 4 is 0 Å². The Labute approximate surface area is 114 Å². The summed E-state index contributed by atoms with van der Waals surface area (Å²) >= 11 is 0. The van der Waals surface area contributed by atoms with Gasteiger partial charge in [-0.1, -0.05) is 31.2 Å². The molecular weight excluding hydrogens is 234 g/mol. The van der Waals surface area contributed by atoms with Gasteiger partial charge in [0.25, 0.3) is 0 Å². The first kappa shape index (κ1) is 12.4. The van der Waals surface area contributed by atoms with E-state index >= 15 is 0 Å². The Balaban J connectivity index is 1.58. The van der Waals surface area contributed by atoms with Crippen molar-refractivity contribution in [3.8, 4) is 0 Å². The fraction of sp³-hybridized carbons (Fsp3) is 0.438. The highest BCUT2D eigenvalue weighted by Gasteiger charge is 2.20. The molecule has 3 rings (SSSR count). The van der Waals surface area contributed by atoms with Crippen molar-refractivity contribution < 1.29 is 0 Å². The Kier molecular flexibility index (Phi) is 3.65. The zero-order valence-corrected chi connectivity index (χ0v) is 11.5. The second-order valence-electron chi connectivity index (χ2n) is 5.33. The summed E-state index contributed by atoms with van der Waals surface area (Å²) in [5.74, 6) is 0. The number of hydrogen-bond donors (Lipinski definition) is 1. The predicted molar refractivity (Wildman–Crippen MR) is 77.0 cm³/mol. The summed E-state index contributed by atoms with van der Waals surface area (Å²) in [6.07, 6.45) is 5.81. The lowest BCUT2D eigenvalue weighted by molar-refractivity contribution is 0.631. The Bertz CT molecular complexity index is 523. The summed E-state index contributed by atoms with van der Waals surface area (Å²) in [6, 6.07) is 11.6. The molecule has 0 amide bonds. The van der Waals surface area contributed by atoms with Crippen LogP contribution in [-0.4, -0.2) is 15.8 Å². The smallest absolute Gasteiger partial charge is 0.0762 e. The van der Waals surface area contributed by atoms with Gasteiger partial charge < -0.3 is 5.32 Å². The van der Waals surface area contributed by atoms with Crippen LogP contribution in [0.1, 0.15) is 36.6 Å². The lowest BCUT2D eigenvalue weighted by Crippen LogP contribution is -2.16. The van der Waals surface area contributed by atoms with Gasteiger partial charge >= 0.3 is 0 Å². The molecule has 1 aliphatic rings. The maximum Gasteiger partial charge on any atom is 0.0762 e. The molecule has 19 heavy (non-hydrogen) atoms. The van der Waals surface area contributed by atoms with Crippen molar-refractivity contribution in [1.29, 1.82) is 0 Å². The second-order valence-corrected chi connectivity index (χ2v) is 5.33. The lowest BCUT2D eigenvalue weighted by Gasteiger charge is -2.03. The minimum Gasteiger partial charge on any atom is -0.308 e. The number of aryl methyl sites for hydroxylation is 1. The van der Waals surface area contributed by atoms with Gasteiger partial charge in [0.2, 0.25) is 0 Å². The Morgan fingerprint density at radius 3 is 2.58 bits per heavy atom. The van der Waals surface area contributed by atoms with E-state index in [9.17, 15) is 0 Å². The van der Waals surface area contributed by atoms with Crippen LogP contribution in [-0.2, 0) is 19.5 Å². The minimum atomic E-state index is 0.742. The first-order chi connectivity index (χ1) is 9.33. The van der Waals surface area contributed by atoms with Crippen LogP contribution in [0.2, 0.25) is 0 Å². The largest absolute Gasteiger partial charge is 0.308 e. The average Bonchev–Trinajstić information content (AvgIpc) is 3.17. The normalized spacial score (nSPS) is 14.8. The molecule has 1 fully saturated rings. The predicted octanol–water partition coefficient (Wildman–Crippen LogP) is 2.75. The molecule has 1 saturated carbocycles. The number of rotatable bonds is 6. The Hall–Kier alpha value is -1.61. The van der Waals surface area contributed by atoms with Crippen LogP contribution < -0.4 is 5.32 Å². The fourth-order valence-corrected chi connectivity index (χ4v) is 2.19. The molecule has 1 aliphatic carbocycles. The standard InChI is InChI=1S/C16H21N3/c1-2-13-3-5-14(6-4-13)12-19-10-9-16(18-19)11-17-15-7-8-15/h3-6,9-10,15,17H,2,7-8,11-12H2,1H3. The highest BCUT2D eigenvalue weighted by atomic mass is 15.3. The lowest BCUT2D eigenvalue weighted by atomic mass is 10.1. The average molecular weight is 255 g/mol. The molecule has 1 aromatic heterocycles. The molecule has 0 aliphatic heterocycles. The van der Waals surface area contributed by atoms with E-state index in [1.807, 2.05) is 4.68 Å². The molecule has 1 heterocycles. The maximum atomic E-state index is 4.60. The van der Waals surface area contributed by atoms with E-state index in [0.29, 0.717) is 0 Å². The zero-order chi connectivity index (χ0) is 13.1. The molecule has 0 unspecified atom stereocenters. The van der Waals surface area contributed by atoms with Crippen LogP contribution in [0.15, 0.2) is 36.5 Å². The molecule has 0 atom stereocenters. The van der Waals surface area contributed by atoms with E-state index in [1.165, 1.54) is 24.0 Å². The number of hydrogen-bond acceptors (Lipinski definition) is 2. The van der Waals surface area contributed by atoms with E-state index in [1.54, 1.807) is 0 Å². The number of nitrogens with zero attached hydrogens (tertiary/aromatic N) is 2. The first-order valence-electron chi connectivity index (χ1n) is 7.17. The molecule has 2 aromatic rings. The van der Waals surface area contributed by atoms with Gasteiger partial charge in [-0.3, -0.25) is 4.68 Å².